The minimum Gasteiger partial charge on any atom is -0.460 e. The standard InChI is InChI=1S/C47H49F5N4O10/c1-24(2)21-34(56-45(61)63-23-32-30-13-9-7-11-28(30)29-12-8-10-14-31(29)32)44(60)53-25(3)42(58)55-33(19-20-35(57)66-47(4,5)6)43(59)54-27-17-15-26(16-18-27)22-64-46(62)65-41-39(51)37(49)36(48)38(50)40(41)52/h7-18,24-25,32-34H,19-23H2,1-6H3,(H,53,60)(H,54,59)(H,55,58)(H,56,61). The van der Waals surface area contributed by atoms with Crippen molar-refractivity contribution in [2.24, 2.45) is 5.92 Å². The Balaban J connectivity index is 1.18. The Morgan fingerprint density at radius 2 is 1.21 bits per heavy atom. The molecule has 0 heterocycles. The number of anilines is 1. The van der Waals surface area contributed by atoms with Crippen molar-refractivity contribution >= 4 is 41.6 Å². The summed E-state index contributed by atoms with van der Waals surface area (Å²) < 4.78 is 88.0. The van der Waals surface area contributed by atoms with E-state index in [1.807, 2.05) is 62.4 Å². The molecular formula is C47H49F5N4O10. The monoisotopic (exact) mass is 924 g/mol. The average Bonchev–Trinajstić information content (AvgIpc) is 3.59. The second-order valence-corrected chi connectivity index (χ2v) is 16.8. The molecule has 0 radical (unpaired) electrons. The van der Waals surface area contributed by atoms with Crippen LogP contribution in [0.5, 0.6) is 5.75 Å². The van der Waals surface area contributed by atoms with Crippen LogP contribution in [0.3, 0.4) is 0 Å². The van der Waals surface area contributed by atoms with Gasteiger partial charge in [-0.3, -0.25) is 19.2 Å². The Hall–Kier alpha value is -7.05. The maximum Gasteiger partial charge on any atom is 0.514 e. The third-order valence-corrected chi connectivity index (χ3v) is 10.0. The maximum atomic E-state index is 13.9. The van der Waals surface area contributed by atoms with Crippen LogP contribution in [0.25, 0.3) is 11.1 Å². The molecule has 4 N–H and O–H groups in total. The van der Waals surface area contributed by atoms with Crippen molar-refractivity contribution in [1.29, 1.82) is 0 Å². The number of fused-ring (bicyclic) bond motifs is 3. The number of nitrogens with one attached hydrogen (secondary N) is 4. The van der Waals surface area contributed by atoms with Gasteiger partial charge in [0, 0.05) is 18.0 Å². The van der Waals surface area contributed by atoms with Crippen LogP contribution < -0.4 is 26.0 Å². The maximum absolute atomic E-state index is 13.9. The Bertz CT molecular complexity index is 2390. The van der Waals surface area contributed by atoms with Crippen LogP contribution in [0, 0.1) is 35.0 Å². The number of carbonyl (C=O) groups is 6. The van der Waals surface area contributed by atoms with Gasteiger partial charge in [0.2, 0.25) is 52.6 Å². The first-order chi connectivity index (χ1) is 31.1. The average molecular weight is 925 g/mol. The molecule has 14 nitrogen and oxygen atoms in total. The van der Waals surface area contributed by atoms with Gasteiger partial charge in [-0.05, 0) is 86.4 Å². The van der Waals surface area contributed by atoms with Crippen LogP contribution in [0.4, 0.5) is 37.2 Å². The number of amides is 4. The van der Waals surface area contributed by atoms with Gasteiger partial charge >= 0.3 is 18.2 Å². The first-order valence-corrected chi connectivity index (χ1v) is 20.8. The lowest BCUT2D eigenvalue weighted by atomic mass is 9.98. The molecule has 352 valence electrons. The van der Waals surface area contributed by atoms with Crippen LogP contribution in [0.15, 0.2) is 72.8 Å². The van der Waals surface area contributed by atoms with Gasteiger partial charge in [-0.25, -0.2) is 22.8 Å². The Morgan fingerprint density at radius 3 is 1.77 bits per heavy atom. The van der Waals surface area contributed by atoms with Crippen molar-refractivity contribution in [3.05, 3.63) is 119 Å². The number of ether oxygens (including phenoxy) is 4. The molecule has 5 rings (SSSR count). The molecule has 0 aliphatic heterocycles. The van der Waals surface area contributed by atoms with Gasteiger partial charge in [0.05, 0.1) is 0 Å². The van der Waals surface area contributed by atoms with Crippen molar-refractivity contribution in [1.82, 2.24) is 16.0 Å². The molecule has 0 saturated heterocycles. The fourth-order valence-corrected chi connectivity index (χ4v) is 6.93. The minimum atomic E-state index is -2.44. The molecule has 0 bridgehead atoms. The predicted molar refractivity (Wildman–Crippen MR) is 228 cm³/mol. The number of halogens is 5. The van der Waals surface area contributed by atoms with E-state index in [0.29, 0.717) is 0 Å². The van der Waals surface area contributed by atoms with E-state index in [-0.39, 0.29) is 49.0 Å². The lowest BCUT2D eigenvalue weighted by molar-refractivity contribution is -0.155. The molecule has 0 saturated carbocycles. The number of hydrogen-bond acceptors (Lipinski definition) is 10. The normalized spacial score (nSPS) is 13.3. The summed E-state index contributed by atoms with van der Waals surface area (Å²) in [6.07, 6.45) is -2.95. The highest BCUT2D eigenvalue weighted by molar-refractivity contribution is 5.99. The van der Waals surface area contributed by atoms with Gasteiger partial charge in [-0.1, -0.05) is 74.5 Å². The van der Waals surface area contributed by atoms with E-state index >= 15 is 0 Å². The predicted octanol–water partition coefficient (Wildman–Crippen LogP) is 8.10. The van der Waals surface area contributed by atoms with Crippen LogP contribution in [-0.2, 0) is 40.0 Å². The van der Waals surface area contributed by atoms with Crippen LogP contribution in [-0.4, -0.2) is 66.3 Å². The van der Waals surface area contributed by atoms with Gasteiger partial charge in [0.25, 0.3) is 0 Å². The molecule has 4 amide bonds. The van der Waals surface area contributed by atoms with Crippen LogP contribution >= 0.6 is 0 Å². The number of carbonyl (C=O) groups excluding carboxylic acids is 6. The first kappa shape index (κ1) is 50.0. The first-order valence-electron chi connectivity index (χ1n) is 20.8. The van der Waals surface area contributed by atoms with Crippen molar-refractivity contribution in [3.63, 3.8) is 0 Å². The SMILES string of the molecule is CC(C)CC(NC(=O)OCC1c2ccccc2-c2ccccc21)C(=O)NC(C)C(=O)NC(CCC(=O)OC(C)(C)C)C(=O)Nc1ccc(COC(=O)Oc2c(F)c(F)c(F)c(F)c2F)cc1. The summed E-state index contributed by atoms with van der Waals surface area (Å²) >= 11 is 0. The van der Waals surface area contributed by atoms with E-state index in [0.717, 1.165) is 22.3 Å². The Morgan fingerprint density at radius 1 is 0.652 bits per heavy atom. The van der Waals surface area contributed by atoms with Gasteiger partial charge in [-0.2, -0.15) is 8.78 Å². The molecule has 3 atom stereocenters. The van der Waals surface area contributed by atoms with E-state index < -0.39 is 101 Å². The summed E-state index contributed by atoms with van der Waals surface area (Å²) in [4.78, 5) is 78.5. The van der Waals surface area contributed by atoms with E-state index in [9.17, 15) is 50.7 Å². The lowest BCUT2D eigenvalue weighted by Crippen LogP contribution is -2.55. The summed E-state index contributed by atoms with van der Waals surface area (Å²) in [6, 6.07) is 17.3. The largest absolute Gasteiger partial charge is 0.514 e. The second kappa shape index (κ2) is 21.8. The summed E-state index contributed by atoms with van der Waals surface area (Å²) in [5, 5.41) is 10.3. The second-order valence-electron chi connectivity index (χ2n) is 16.8. The highest BCUT2D eigenvalue weighted by atomic mass is 19.2. The smallest absolute Gasteiger partial charge is 0.460 e. The zero-order valence-electron chi connectivity index (χ0n) is 36.8. The topological polar surface area (TPSA) is 187 Å². The van der Waals surface area contributed by atoms with E-state index in [1.54, 1.807) is 20.8 Å². The summed E-state index contributed by atoms with van der Waals surface area (Å²) in [6.45, 7) is 9.44. The molecule has 4 aromatic carbocycles. The molecule has 0 fully saturated rings. The molecule has 3 unspecified atom stereocenters. The number of hydrogen-bond donors (Lipinski definition) is 4. The zero-order chi connectivity index (χ0) is 48.5. The number of esters is 1. The highest BCUT2D eigenvalue weighted by Crippen LogP contribution is 2.44. The van der Waals surface area contributed by atoms with Crippen molar-refractivity contribution in [3.8, 4) is 16.9 Å². The van der Waals surface area contributed by atoms with Crippen LogP contribution in [0.2, 0.25) is 0 Å². The summed E-state index contributed by atoms with van der Waals surface area (Å²) in [5.41, 5.74) is 3.65. The third-order valence-electron chi connectivity index (χ3n) is 10.0. The highest BCUT2D eigenvalue weighted by Gasteiger charge is 2.33. The minimum absolute atomic E-state index is 0.0111. The van der Waals surface area contributed by atoms with Gasteiger partial charge < -0.3 is 40.2 Å². The number of benzene rings is 4. The fourth-order valence-electron chi connectivity index (χ4n) is 6.93. The number of rotatable bonds is 17. The molecule has 66 heavy (non-hydrogen) atoms. The van der Waals surface area contributed by atoms with Crippen molar-refractivity contribution < 1.29 is 69.7 Å². The molecule has 0 spiro atoms. The van der Waals surface area contributed by atoms with Crippen molar-refractivity contribution in [2.45, 2.75) is 97.1 Å². The summed E-state index contributed by atoms with van der Waals surface area (Å²) in [5.74, 6) is -16.9. The molecule has 19 heteroatoms. The van der Waals surface area contributed by atoms with Crippen LogP contribution in [0.1, 0.15) is 83.4 Å². The fraction of sp³-hybridized carbons (Fsp3) is 0.362. The Labute approximate surface area is 376 Å². The van der Waals surface area contributed by atoms with Gasteiger partial charge in [0.15, 0.2) is 0 Å². The zero-order valence-corrected chi connectivity index (χ0v) is 36.8. The van der Waals surface area contributed by atoms with E-state index in [4.69, 9.17) is 14.2 Å². The summed E-state index contributed by atoms with van der Waals surface area (Å²) in [7, 11) is 0. The molecule has 1 aliphatic carbocycles. The van der Waals surface area contributed by atoms with Gasteiger partial charge in [0.1, 0.15) is 36.9 Å². The molecular weight excluding hydrogens is 876 g/mol. The lowest BCUT2D eigenvalue weighted by Gasteiger charge is -2.25. The Kier molecular flexibility index (Phi) is 16.5. The van der Waals surface area contributed by atoms with E-state index in [1.165, 1.54) is 31.2 Å². The number of alkyl carbamates (subject to hydrolysis) is 1. The van der Waals surface area contributed by atoms with Gasteiger partial charge in [-0.15, -0.1) is 0 Å². The van der Waals surface area contributed by atoms with Crippen molar-refractivity contribution in [2.75, 3.05) is 11.9 Å². The molecule has 0 aromatic heterocycles. The quantitative estimate of drug-likeness (QED) is 0.0201. The molecule has 4 aromatic rings. The third kappa shape index (κ3) is 13.0. The molecule has 1 aliphatic rings. The van der Waals surface area contributed by atoms with E-state index in [2.05, 4.69) is 26.0 Å².